The summed E-state index contributed by atoms with van der Waals surface area (Å²) < 4.78 is 6.38. The molecule has 0 atom stereocenters. The third kappa shape index (κ3) is 6.76. The summed E-state index contributed by atoms with van der Waals surface area (Å²) in [7, 11) is -1.55. The second-order valence-electron chi connectivity index (χ2n) is 11.1. The van der Waals surface area contributed by atoms with E-state index in [0.717, 1.165) is 46.5 Å². The van der Waals surface area contributed by atoms with Crippen molar-refractivity contribution < 1.29 is 24.5 Å². The molecule has 0 bridgehead atoms. The van der Waals surface area contributed by atoms with E-state index >= 15 is 0 Å². The number of nitrogens with zero attached hydrogens (tertiary/aromatic N) is 2. The maximum atomic E-state index is 6.38. The van der Waals surface area contributed by atoms with Gasteiger partial charge in [0.15, 0.2) is 0 Å². The number of aromatic nitrogens is 2. The van der Waals surface area contributed by atoms with Gasteiger partial charge >= 0.3 is 0 Å². The Morgan fingerprint density at radius 1 is 0.805 bits per heavy atom. The number of para-hydroxylation sites is 1. The van der Waals surface area contributed by atoms with E-state index in [1.54, 1.807) is 6.20 Å². The van der Waals surface area contributed by atoms with Crippen molar-refractivity contribution in [2.45, 2.75) is 52.2 Å². The first-order valence-corrected chi connectivity index (χ1v) is 17.6. The van der Waals surface area contributed by atoms with Gasteiger partial charge in [0.05, 0.1) is 5.58 Å². The van der Waals surface area contributed by atoms with E-state index in [4.69, 9.17) is 9.40 Å². The van der Waals surface area contributed by atoms with Gasteiger partial charge in [-0.05, 0) is 48.3 Å². The Morgan fingerprint density at radius 3 is 2.22 bits per heavy atom. The van der Waals surface area contributed by atoms with E-state index in [2.05, 4.69) is 87.0 Å². The van der Waals surface area contributed by atoms with Crippen LogP contribution in [0, 0.1) is 12.1 Å². The van der Waals surface area contributed by atoms with Crippen LogP contribution < -0.4 is 5.19 Å². The summed E-state index contributed by atoms with van der Waals surface area (Å²) in [5.41, 5.74) is 7.15. The van der Waals surface area contributed by atoms with E-state index in [9.17, 15) is 0 Å². The Labute approximate surface area is 258 Å². The fraction of sp³-hybridized carbons (Fsp3) is 0.222. The molecule has 41 heavy (non-hydrogen) atoms. The molecule has 1 radical (unpaired) electrons. The molecule has 3 heterocycles. The first kappa shape index (κ1) is 30.6. The predicted octanol–water partition coefficient (Wildman–Crippen LogP) is 9.44. The first-order chi connectivity index (χ1) is 19.4. The molecule has 0 fully saturated rings. The Bertz CT molecular complexity index is 1670. The smallest absolute Gasteiger partial charge is 0.120 e. The minimum Gasteiger partial charge on any atom is -0.501 e. The minimum absolute atomic E-state index is 0. The molecule has 3 aromatic heterocycles. The summed E-state index contributed by atoms with van der Waals surface area (Å²) >= 11 is 0. The van der Waals surface area contributed by atoms with Crippen LogP contribution in [0.4, 0.5) is 0 Å². The van der Waals surface area contributed by atoms with Crippen LogP contribution >= 0.6 is 0 Å². The number of fused-ring (bicyclic) bond motifs is 3. The maximum absolute atomic E-state index is 6.38. The van der Waals surface area contributed by atoms with Crippen molar-refractivity contribution in [2.75, 3.05) is 0 Å². The number of hydrogen-bond donors (Lipinski definition) is 0. The standard InChI is InChI=1S/C25H28NOSi.C11H8N.Ir/c1-6-17(7-2)18-14-15-26-21(16-18)19-12-13-23(28(3,4)5)24-20-10-8-9-11-22(20)27-25(19)24;1-2-6-10(7-3-1)11-8-4-5-9-12-11;/h8-11,13-17H,6-7H2,1-5H3;1-6,8-9H;/q2*-1;. The van der Waals surface area contributed by atoms with Crippen molar-refractivity contribution in [2.24, 2.45) is 0 Å². The summed E-state index contributed by atoms with van der Waals surface area (Å²) in [5.74, 6) is 0.564. The van der Waals surface area contributed by atoms with Gasteiger partial charge in [-0.15, -0.1) is 53.2 Å². The molecule has 5 heteroatoms. The number of benzene rings is 3. The van der Waals surface area contributed by atoms with Gasteiger partial charge in [0.2, 0.25) is 0 Å². The number of furan rings is 1. The summed E-state index contributed by atoms with van der Waals surface area (Å²) in [4.78, 5) is 8.91. The van der Waals surface area contributed by atoms with E-state index in [-0.39, 0.29) is 20.1 Å². The molecular weight excluding hydrogens is 697 g/mol. The van der Waals surface area contributed by atoms with Gasteiger partial charge in [0.25, 0.3) is 0 Å². The van der Waals surface area contributed by atoms with Crippen LogP contribution in [0.15, 0.2) is 102 Å². The van der Waals surface area contributed by atoms with Crippen molar-refractivity contribution in [1.29, 1.82) is 0 Å². The molecule has 3 aromatic carbocycles. The molecule has 0 aliphatic carbocycles. The Kier molecular flexibility index (Phi) is 10.1. The zero-order chi connectivity index (χ0) is 28.1. The summed E-state index contributed by atoms with van der Waals surface area (Å²) in [6.07, 6.45) is 5.99. The minimum atomic E-state index is -1.55. The van der Waals surface area contributed by atoms with Crippen molar-refractivity contribution in [1.82, 2.24) is 9.97 Å². The molecule has 0 aliphatic heterocycles. The predicted molar refractivity (Wildman–Crippen MR) is 171 cm³/mol. The maximum Gasteiger partial charge on any atom is 0.120 e. The monoisotopic (exact) mass is 733 g/mol. The fourth-order valence-corrected chi connectivity index (χ4v) is 6.73. The van der Waals surface area contributed by atoms with Crippen LogP contribution in [-0.4, -0.2) is 18.0 Å². The molecule has 0 saturated carbocycles. The average molecular weight is 733 g/mol. The van der Waals surface area contributed by atoms with Crippen molar-refractivity contribution in [3.8, 4) is 22.5 Å². The Hall–Kier alpha value is -3.37. The molecule has 0 unspecified atom stereocenters. The molecule has 0 saturated heterocycles. The molecule has 0 spiro atoms. The van der Waals surface area contributed by atoms with Crippen LogP contribution in [0.5, 0.6) is 0 Å². The quantitative estimate of drug-likeness (QED) is 0.127. The first-order valence-electron chi connectivity index (χ1n) is 14.1. The molecule has 3 nitrogen and oxygen atoms in total. The van der Waals surface area contributed by atoms with Gasteiger partial charge < -0.3 is 14.4 Å². The van der Waals surface area contributed by atoms with Gasteiger partial charge in [-0.2, -0.15) is 0 Å². The number of hydrogen-bond acceptors (Lipinski definition) is 3. The van der Waals surface area contributed by atoms with Crippen LogP contribution in [0.2, 0.25) is 19.6 Å². The summed E-state index contributed by atoms with van der Waals surface area (Å²) in [5, 5.41) is 3.84. The summed E-state index contributed by atoms with van der Waals surface area (Å²) in [6, 6.07) is 35.3. The van der Waals surface area contributed by atoms with Crippen molar-refractivity contribution in [3.63, 3.8) is 0 Å². The zero-order valence-electron chi connectivity index (χ0n) is 24.4. The van der Waals surface area contributed by atoms with Crippen LogP contribution in [0.1, 0.15) is 38.2 Å². The van der Waals surface area contributed by atoms with Crippen LogP contribution in [0.3, 0.4) is 0 Å². The molecule has 6 rings (SSSR count). The van der Waals surface area contributed by atoms with Gasteiger partial charge in [0.1, 0.15) is 5.58 Å². The molecule has 211 valence electrons. The van der Waals surface area contributed by atoms with Crippen LogP contribution in [0.25, 0.3) is 44.5 Å². The summed E-state index contributed by atoms with van der Waals surface area (Å²) in [6.45, 7) is 11.6. The Morgan fingerprint density at radius 2 is 1.54 bits per heavy atom. The van der Waals surface area contributed by atoms with E-state index in [0.29, 0.717) is 5.92 Å². The number of rotatable bonds is 6. The number of pyridine rings is 2. The average Bonchev–Trinajstić information content (AvgIpc) is 3.38. The zero-order valence-corrected chi connectivity index (χ0v) is 27.8. The molecule has 0 amide bonds. The van der Waals surface area contributed by atoms with Gasteiger partial charge in [-0.1, -0.05) is 86.4 Å². The van der Waals surface area contributed by atoms with Gasteiger partial charge in [0, 0.05) is 46.0 Å². The van der Waals surface area contributed by atoms with E-state index in [1.807, 2.05) is 54.7 Å². The third-order valence-corrected chi connectivity index (χ3v) is 9.42. The second kappa shape index (κ2) is 13.5. The molecule has 6 aromatic rings. The fourth-order valence-electron chi connectivity index (χ4n) is 5.23. The van der Waals surface area contributed by atoms with Crippen molar-refractivity contribution >= 4 is 35.2 Å². The van der Waals surface area contributed by atoms with Gasteiger partial charge in [-0.3, -0.25) is 0 Å². The second-order valence-corrected chi connectivity index (χ2v) is 16.1. The SMILES string of the molecule is CCC(CC)c1ccnc(-c2[c-]cc([Si](C)(C)C)c3c2oc2ccccc23)c1.[Ir].[c-]1ccccc1-c1ccccn1. The normalized spacial score (nSPS) is 11.3. The molecule has 0 N–H and O–H groups in total. The molecular formula is C36H36IrN2OSi-2. The van der Waals surface area contributed by atoms with E-state index < -0.39 is 8.07 Å². The van der Waals surface area contributed by atoms with Crippen LogP contribution in [-0.2, 0) is 20.1 Å². The molecule has 0 aliphatic rings. The van der Waals surface area contributed by atoms with Gasteiger partial charge in [-0.25, -0.2) is 0 Å². The van der Waals surface area contributed by atoms with Crippen molar-refractivity contribution in [3.05, 3.63) is 115 Å². The topological polar surface area (TPSA) is 38.9 Å². The Balaban J connectivity index is 0.000000249. The largest absolute Gasteiger partial charge is 0.501 e. The van der Waals surface area contributed by atoms with E-state index in [1.165, 1.54) is 21.5 Å². The third-order valence-electron chi connectivity index (χ3n) is 7.41.